The third-order valence-electron chi connectivity index (χ3n) is 5.31. The van der Waals surface area contributed by atoms with Gasteiger partial charge in [-0.2, -0.15) is 0 Å². The van der Waals surface area contributed by atoms with Crippen LogP contribution in [0.25, 0.3) is 0 Å². The Morgan fingerprint density at radius 3 is 3.00 bits per heavy atom. The van der Waals surface area contributed by atoms with Crippen molar-refractivity contribution in [1.29, 1.82) is 0 Å². The molecule has 104 valence electrons. The zero-order valence-corrected chi connectivity index (χ0v) is 11.6. The van der Waals surface area contributed by atoms with E-state index in [4.69, 9.17) is 4.42 Å². The van der Waals surface area contributed by atoms with Crippen LogP contribution in [0.5, 0.6) is 0 Å². The highest BCUT2D eigenvalue weighted by Crippen LogP contribution is 2.39. The van der Waals surface area contributed by atoms with Gasteiger partial charge < -0.3 is 9.73 Å². The monoisotopic (exact) mass is 260 g/mol. The van der Waals surface area contributed by atoms with Crippen LogP contribution in [0.3, 0.4) is 0 Å². The molecule has 1 N–H and O–H groups in total. The van der Waals surface area contributed by atoms with Crippen molar-refractivity contribution in [2.75, 3.05) is 13.1 Å². The summed E-state index contributed by atoms with van der Waals surface area (Å²) in [7, 11) is 0. The molecular weight excluding hydrogens is 236 g/mol. The fourth-order valence-electron chi connectivity index (χ4n) is 4.14. The molecule has 0 bridgehead atoms. The lowest BCUT2D eigenvalue weighted by molar-refractivity contribution is 0.196. The Kier molecular flexibility index (Phi) is 3.12. The third kappa shape index (κ3) is 2.46. The average molecular weight is 260 g/mol. The Balaban J connectivity index is 1.41. The molecule has 1 aromatic rings. The fraction of sp³-hybridized carbons (Fsp3) is 0.750. The van der Waals surface area contributed by atoms with Gasteiger partial charge in [0.05, 0.1) is 12.8 Å². The van der Waals surface area contributed by atoms with Crippen LogP contribution in [0.15, 0.2) is 22.8 Å². The van der Waals surface area contributed by atoms with Crippen molar-refractivity contribution in [3.8, 4) is 0 Å². The number of fused-ring (bicyclic) bond motifs is 1. The Hall–Kier alpha value is -0.800. The highest BCUT2D eigenvalue weighted by atomic mass is 16.3. The number of hydrogen-bond donors (Lipinski definition) is 1. The SMILES string of the molecule is c1coc(CN(CC2NCC3CCCC32)C2CC2)c1. The van der Waals surface area contributed by atoms with E-state index in [0.29, 0.717) is 0 Å². The number of furan rings is 1. The Bertz CT molecular complexity index is 412. The second kappa shape index (κ2) is 4.95. The van der Waals surface area contributed by atoms with E-state index in [9.17, 15) is 0 Å². The third-order valence-corrected chi connectivity index (χ3v) is 5.31. The summed E-state index contributed by atoms with van der Waals surface area (Å²) in [6, 6.07) is 5.65. The second-order valence-corrected chi connectivity index (χ2v) is 6.61. The summed E-state index contributed by atoms with van der Waals surface area (Å²) in [6.45, 7) is 3.47. The molecule has 3 atom stereocenters. The van der Waals surface area contributed by atoms with Crippen LogP contribution in [-0.2, 0) is 6.54 Å². The first kappa shape index (κ1) is 12.0. The van der Waals surface area contributed by atoms with Gasteiger partial charge in [-0.3, -0.25) is 4.90 Å². The summed E-state index contributed by atoms with van der Waals surface area (Å²) >= 11 is 0. The molecule has 0 spiro atoms. The lowest BCUT2D eigenvalue weighted by Crippen LogP contribution is -2.41. The van der Waals surface area contributed by atoms with Crippen LogP contribution in [0.1, 0.15) is 37.9 Å². The van der Waals surface area contributed by atoms with Gasteiger partial charge in [0.25, 0.3) is 0 Å². The van der Waals surface area contributed by atoms with Gasteiger partial charge in [0, 0.05) is 18.6 Å². The molecule has 3 fully saturated rings. The average Bonchev–Trinajstić information content (AvgIpc) is 2.83. The first-order chi connectivity index (χ1) is 9.40. The zero-order valence-electron chi connectivity index (χ0n) is 11.6. The van der Waals surface area contributed by atoms with Gasteiger partial charge >= 0.3 is 0 Å². The molecule has 1 aromatic heterocycles. The molecule has 3 nitrogen and oxygen atoms in total. The van der Waals surface area contributed by atoms with Crippen molar-refractivity contribution < 1.29 is 4.42 Å². The Morgan fingerprint density at radius 1 is 1.26 bits per heavy atom. The summed E-state index contributed by atoms with van der Waals surface area (Å²) < 4.78 is 5.53. The molecule has 0 aromatic carbocycles. The molecule has 1 aliphatic heterocycles. The number of nitrogens with zero attached hydrogens (tertiary/aromatic N) is 1. The predicted octanol–water partition coefficient (Wildman–Crippen LogP) is 2.63. The highest BCUT2D eigenvalue weighted by Gasteiger charge is 2.41. The van der Waals surface area contributed by atoms with Gasteiger partial charge in [-0.1, -0.05) is 6.42 Å². The largest absolute Gasteiger partial charge is 0.468 e. The van der Waals surface area contributed by atoms with E-state index in [1.54, 1.807) is 6.26 Å². The van der Waals surface area contributed by atoms with Gasteiger partial charge in [-0.25, -0.2) is 0 Å². The van der Waals surface area contributed by atoms with E-state index < -0.39 is 0 Å². The van der Waals surface area contributed by atoms with E-state index in [2.05, 4.69) is 16.3 Å². The van der Waals surface area contributed by atoms with Gasteiger partial charge in [-0.05, 0) is 56.2 Å². The predicted molar refractivity (Wildman–Crippen MR) is 74.8 cm³/mol. The molecule has 3 heteroatoms. The van der Waals surface area contributed by atoms with E-state index >= 15 is 0 Å². The van der Waals surface area contributed by atoms with Gasteiger partial charge in [0.15, 0.2) is 0 Å². The lowest BCUT2D eigenvalue weighted by atomic mass is 9.94. The number of rotatable bonds is 5. The van der Waals surface area contributed by atoms with Crippen LogP contribution in [0, 0.1) is 11.8 Å². The minimum Gasteiger partial charge on any atom is -0.468 e. The minimum absolute atomic E-state index is 0.725. The molecule has 3 aliphatic rings. The molecule has 0 amide bonds. The van der Waals surface area contributed by atoms with Crippen LogP contribution in [-0.4, -0.2) is 30.1 Å². The highest BCUT2D eigenvalue weighted by molar-refractivity contribution is 5.02. The van der Waals surface area contributed by atoms with Crippen molar-refractivity contribution in [2.24, 2.45) is 11.8 Å². The van der Waals surface area contributed by atoms with Gasteiger partial charge in [0.1, 0.15) is 5.76 Å². The molecule has 0 radical (unpaired) electrons. The second-order valence-electron chi connectivity index (χ2n) is 6.61. The minimum atomic E-state index is 0.725. The Morgan fingerprint density at radius 2 is 2.21 bits per heavy atom. The number of nitrogens with one attached hydrogen (secondary N) is 1. The molecule has 1 saturated heterocycles. The zero-order chi connectivity index (χ0) is 12.7. The maximum atomic E-state index is 5.53. The van der Waals surface area contributed by atoms with E-state index in [0.717, 1.165) is 36.2 Å². The van der Waals surface area contributed by atoms with Crippen LogP contribution in [0.4, 0.5) is 0 Å². The topological polar surface area (TPSA) is 28.4 Å². The number of hydrogen-bond acceptors (Lipinski definition) is 3. The van der Waals surface area contributed by atoms with Gasteiger partial charge in [0.2, 0.25) is 0 Å². The molecule has 2 heterocycles. The molecule has 3 unspecified atom stereocenters. The summed E-state index contributed by atoms with van der Waals surface area (Å²) in [5.41, 5.74) is 0. The summed E-state index contributed by atoms with van der Waals surface area (Å²) in [5, 5.41) is 3.78. The molecule has 19 heavy (non-hydrogen) atoms. The quantitative estimate of drug-likeness (QED) is 0.882. The summed E-state index contributed by atoms with van der Waals surface area (Å²) in [5.74, 6) is 3.03. The van der Waals surface area contributed by atoms with Crippen molar-refractivity contribution in [1.82, 2.24) is 10.2 Å². The van der Waals surface area contributed by atoms with Crippen LogP contribution >= 0.6 is 0 Å². The molecule has 4 rings (SSSR count). The standard InChI is InChI=1S/C16H24N2O/c1-3-12-9-17-16(15(12)5-1)11-18(13-6-7-13)10-14-4-2-8-19-14/h2,4,8,12-13,15-17H,1,3,5-7,9-11H2. The molecule has 2 aliphatic carbocycles. The fourth-order valence-corrected chi connectivity index (χ4v) is 4.14. The summed E-state index contributed by atoms with van der Waals surface area (Å²) in [6.07, 6.45) is 8.90. The normalized spacial score (nSPS) is 34.1. The Labute approximate surface area is 115 Å². The molecule has 2 saturated carbocycles. The van der Waals surface area contributed by atoms with Crippen molar-refractivity contribution in [3.63, 3.8) is 0 Å². The van der Waals surface area contributed by atoms with Crippen molar-refractivity contribution >= 4 is 0 Å². The molecular formula is C16H24N2O. The maximum absolute atomic E-state index is 5.53. The first-order valence-electron chi connectivity index (χ1n) is 7.90. The summed E-state index contributed by atoms with van der Waals surface area (Å²) in [4.78, 5) is 2.65. The van der Waals surface area contributed by atoms with E-state index in [1.165, 1.54) is 45.2 Å². The lowest BCUT2D eigenvalue weighted by Gasteiger charge is -2.27. The smallest absolute Gasteiger partial charge is 0.117 e. The van der Waals surface area contributed by atoms with Crippen molar-refractivity contribution in [2.45, 2.75) is 50.7 Å². The van der Waals surface area contributed by atoms with E-state index in [1.807, 2.05) is 6.07 Å². The van der Waals surface area contributed by atoms with Crippen LogP contribution < -0.4 is 5.32 Å². The van der Waals surface area contributed by atoms with E-state index in [-0.39, 0.29) is 0 Å². The maximum Gasteiger partial charge on any atom is 0.117 e. The van der Waals surface area contributed by atoms with Crippen LogP contribution in [0.2, 0.25) is 0 Å². The first-order valence-corrected chi connectivity index (χ1v) is 7.90. The van der Waals surface area contributed by atoms with Gasteiger partial charge in [-0.15, -0.1) is 0 Å². The van der Waals surface area contributed by atoms with Crippen molar-refractivity contribution in [3.05, 3.63) is 24.2 Å².